The zero-order valence-electron chi connectivity index (χ0n) is 13.6. The first-order valence-electron chi connectivity index (χ1n) is 7.82. The molecule has 0 aliphatic heterocycles. The number of amides is 2. The Kier molecular flexibility index (Phi) is 5.92. The smallest absolute Gasteiger partial charge is 0.224 e. The van der Waals surface area contributed by atoms with Gasteiger partial charge in [-0.15, -0.1) is 0 Å². The first kappa shape index (κ1) is 16.7. The van der Waals surface area contributed by atoms with Crippen molar-refractivity contribution in [2.75, 3.05) is 10.6 Å². The molecule has 0 atom stereocenters. The lowest BCUT2D eigenvalue weighted by atomic mass is 10.1. The third-order valence-electron chi connectivity index (χ3n) is 3.56. The van der Waals surface area contributed by atoms with Gasteiger partial charge >= 0.3 is 0 Å². The van der Waals surface area contributed by atoms with E-state index in [0.29, 0.717) is 12.1 Å². The fourth-order valence-electron chi connectivity index (χ4n) is 2.26. The van der Waals surface area contributed by atoms with Crippen molar-refractivity contribution < 1.29 is 9.59 Å². The number of hydrogen-bond donors (Lipinski definition) is 2. The summed E-state index contributed by atoms with van der Waals surface area (Å²) in [6.07, 6.45) is 2.19. The summed E-state index contributed by atoms with van der Waals surface area (Å²) in [6.45, 7) is 3.59. The van der Waals surface area contributed by atoms with E-state index < -0.39 is 0 Å². The lowest BCUT2D eigenvalue weighted by Crippen LogP contribution is -2.12. The summed E-state index contributed by atoms with van der Waals surface area (Å²) in [5.41, 5.74) is 3.91. The number of hydrogen-bond acceptors (Lipinski definition) is 2. The second kappa shape index (κ2) is 8.13. The SMILES string of the molecule is CCc1ccc(CCC(=O)Nc2ccc(NC(C)=O)cc2)cc1. The zero-order valence-corrected chi connectivity index (χ0v) is 13.6. The Balaban J connectivity index is 1.82. The number of carbonyl (C=O) groups excluding carboxylic acids is 2. The third kappa shape index (κ3) is 5.58. The lowest BCUT2D eigenvalue weighted by Gasteiger charge is -2.07. The van der Waals surface area contributed by atoms with Crippen LogP contribution >= 0.6 is 0 Å². The Labute approximate surface area is 136 Å². The molecule has 2 aromatic rings. The first-order valence-corrected chi connectivity index (χ1v) is 7.82. The van der Waals surface area contributed by atoms with E-state index >= 15 is 0 Å². The molecule has 23 heavy (non-hydrogen) atoms. The van der Waals surface area contributed by atoms with Gasteiger partial charge in [0, 0.05) is 24.7 Å². The monoisotopic (exact) mass is 310 g/mol. The Morgan fingerprint density at radius 2 is 1.35 bits per heavy atom. The number of carbonyl (C=O) groups is 2. The van der Waals surface area contributed by atoms with Crippen LogP contribution in [0.3, 0.4) is 0 Å². The molecule has 2 rings (SSSR count). The van der Waals surface area contributed by atoms with Crippen molar-refractivity contribution in [2.24, 2.45) is 0 Å². The van der Waals surface area contributed by atoms with E-state index in [4.69, 9.17) is 0 Å². The molecule has 120 valence electrons. The van der Waals surface area contributed by atoms with Crippen LogP contribution in [0.15, 0.2) is 48.5 Å². The van der Waals surface area contributed by atoms with E-state index in [1.807, 2.05) is 0 Å². The van der Waals surface area contributed by atoms with Crippen molar-refractivity contribution in [1.29, 1.82) is 0 Å². The molecule has 0 saturated carbocycles. The number of anilines is 2. The summed E-state index contributed by atoms with van der Waals surface area (Å²) in [4.78, 5) is 22.9. The highest BCUT2D eigenvalue weighted by Crippen LogP contribution is 2.14. The number of aryl methyl sites for hydroxylation is 2. The number of benzene rings is 2. The van der Waals surface area contributed by atoms with Crippen LogP contribution in [0.25, 0.3) is 0 Å². The minimum atomic E-state index is -0.115. The highest BCUT2D eigenvalue weighted by molar-refractivity contribution is 5.92. The van der Waals surface area contributed by atoms with Crippen LogP contribution in [0.2, 0.25) is 0 Å². The van der Waals surface area contributed by atoms with Crippen LogP contribution in [-0.4, -0.2) is 11.8 Å². The number of nitrogens with one attached hydrogen (secondary N) is 2. The maximum Gasteiger partial charge on any atom is 0.224 e. The van der Waals surface area contributed by atoms with Gasteiger partial charge in [-0.3, -0.25) is 9.59 Å². The third-order valence-corrected chi connectivity index (χ3v) is 3.56. The van der Waals surface area contributed by atoms with Gasteiger partial charge in [-0.2, -0.15) is 0 Å². The largest absolute Gasteiger partial charge is 0.326 e. The molecule has 0 heterocycles. The van der Waals surface area contributed by atoms with Crippen molar-refractivity contribution >= 4 is 23.2 Å². The normalized spacial score (nSPS) is 10.2. The molecule has 2 N–H and O–H groups in total. The Hall–Kier alpha value is -2.62. The standard InChI is InChI=1S/C19H22N2O2/c1-3-15-4-6-16(7-5-15)8-13-19(23)21-18-11-9-17(10-12-18)20-14(2)22/h4-7,9-12H,3,8,13H2,1-2H3,(H,20,22)(H,21,23). The van der Waals surface area contributed by atoms with Crippen LogP contribution in [0, 0.1) is 0 Å². The van der Waals surface area contributed by atoms with Crippen LogP contribution in [0.4, 0.5) is 11.4 Å². The van der Waals surface area contributed by atoms with E-state index in [1.54, 1.807) is 24.3 Å². The maximum absolute atomic E-state index is 12.0. The van der Waals surface area contributed by atoms with E-state index in [-0.39, 0.29) is 11.8 Å². The Morgan fingerprint density at radius 3 is 1.87 bits per heavy atom. The Morgan fingerprint density at radius 1 is 0.826 bits per heavy atom. The molecule has 2 aromatic carbocycles. The molecule has 0 unspecified atom stereocenters. The van der Waals surface area contributed by atoms with Crippen molar-refractivity contribution in [3.05, 3.63) is 59.7 Å². The Bertz CT molecular complexity index is 661. The molecular formula is C19H22N2O2. The topological polar surface area (TPSA) is 58.2 Å². The van der Waals surface area contributed by atoms with Crippen LogP contribution < -0.4 is 10.6 Å². The fraction of sp³-hybridized carbons (Fsp3) is 0.263. The molecule has 0 bridgehead atoms. The summed E-state index contributed by atoms with van der Waals surface area (Å²) in [7, 11) is 0. The van der Waals surface area contributed by atoms with E-state index in [0.717, 1.165) is 18.5 Å². The minimum Gasteiger partial charge on any atom is -0.326 e. The summed E-state index contributed by atoms with van der Waals surface area (Å²) in [5.74, 6) is -0.132. The lowest BCUT2D eigenvalue weighted by molar-refractivity contribution is -0.116. The van der Waals surface area contributed by atoms with Crippen LogP contribution in [-0.2, 0) is 22.4 Å². The van der Waals surface area contributed by atoms with Gasteiger partial charge in [0.1, 0.15) is 0 Å². The van der Waals surface area contributed by atoms with Gasteiger partial charge in [-0.05, 0) is 48.2 Å². The van der Waals surface area contributed by atoms with Gasteiger partial charge in [0.05, 0.1) is 0 Å². The second-order valence-electron chi connectivity index (χ2n) is 5.48. The molecule has 4 nitrogen and oxygen atoms in total. The molecule has 0 aliphatic carbocycles. The minimum absolute atomic E-state index is 0.0168. The molecular weight excluding hydrogens is 288 g/mol. The van der Waals surface area contributed by atoms with Gasteiger partial charge in [0.15, 0.2) is 0 Å². The van der Waals surface area contributed by atoms with E-state index in [2.05, 4.69) is 41.8 Å². The van der Waals surface area contributed by atoms with E-state index in [1.165, 1.54) is 18.1 Å². The molecule has 0 radical (unpaired) electrons. The molecule has 0 saturated heterocycles. The highest BCUT2D eigenvalue weighted by Gasteiger charge is 2.04. The van der Waals surface area contributed by atoms with Gasteiger partial charge in [0.25, 0.3) is 0 Å². The van der Waals surface area contributed by atoms with Gasteiger partial charge < -0.3 is 10.6 Å². The predicted octanol–water partition coefficient (Wildman–Crippen LogP) is 3.78. The summed E-state index contributed by atoms with van der Waals surface area (Å²) >= 11 is 0. The average molecular weight is 310 g/mol. The van der Waals surface area contributed by atoms with Crippen molar-refractivity contribution in [3.8, 4) is 0 Å². The summed E-state index contributed by atoms with van der Waals surface area (Å²) in [6, 6.07) is 15.4. The summed E-state index contributed by atoms with van der Waals surface area (Å²) in [5, 5.41) is 5.55. The quantitative estimate of drug-likeness (QED) is 0.853. The van der Waals surface area contributed by atoms with E-state index in [9.17, 15) is 9.59 Å². The van der Waals surface area contributed by atoms with Crippen LogP contribution in [0.5, 0.6) is 0 Å². The van der Waals surface area contributed by atoms with Crippen molar-refractivity contribution in [1.82, 2.24) is 0 Å². The maximum atomic E-state index is 12.0. The van der Waals surface area contributed by atoms with Crippen molar-refractivity contribution in [2.45, 2.75) is 33.1 Å². The van der Waals surface area contributed by atoms with Crippen LogP contribution in [0.1, 0.15) is 31.4 Å². The molecule has 0 spiro atoms. The van der Waals surface area contributed by atoms with Crippen molar-refractivity contribution in [3.63, 3.8) is 0 Å². The predicted molar refractivity (Wildman–Crippen MR) is 93.5 cm³/mol. The highest BCUT2D eigenvalue weighted by atomic mass is 16.2. The molecule has 0 aliphatic rings. The fourth-order valence-corrected chi connectivity index (χ4v) is 2.26. The summed E-state index contributed by atoms with van der Waals surface area (Å²) < 4.78 is 0. The first-order chi connectivity index (χ1) is 11.1. The average Bonchev–Trinajstić information content (AvgIpc) is 2.55. The molecule has 2 amide bonds. The molecule has 0 aromatic heterocycles. The number of rotatable bonds is 6. The van der Waals surface area contributed by atoms with Gasteiger partial charge in [-0.25, -0.2) is 0 Å². The van der Waals surface area contributed by atoms with Gasteiger partial charge in [-0.1, -0.05) is 31.2 Å². The van der Waals surface area contributed by atoms with Gasteiger partial charge in [0.2, 0.25) is 11.8 Å². The second-order valence-corrected chi connectivity index (χ2v) is 5.48. The molecule has 4 heteroatoms. The zero-order chi connectivity index (χ0) is 16.7. The molecule has 0 fully saturated rings.